The third-order valence-electron chi connectivity index (χ3n) is 3.72. The molecule has 0 aliphatic rings. The fraction of sp³-hybridized carbons (Fsp3) is 0.294. The number of halogens is 1. The van der Waals surface area contributed by atoms with E-state index in [0.717, 1.165) is 14.8 Å². The number of thiophene rings is 1. The number of hydrogen-bond donors (Lipinski definition) is 1. The second-order valence-electron chi connectivity index (χ2n) is 6.13. The molecule has 2 amide bonds. The second kappa shape index (κ2) is 7.55. The molecule has 0 atom stereocenters. The maximum Gasteiger partial charge on any atom is 0.264 e. The Bertz CT molecular complexity index is 965. The molecule has 1 N–H and O–H groups in total. The van der Waals surface area contributed by atoms with E-state index in [1.165, 1.54) is 16.2 Å². The molecule has 0 spiro atoms. The molecule has 0 saturated carbocycles. The maximum atomic E-state index is 12.3. The summed E-state index contributed by atoms with van der Waals surface area (Å²) < 4.78 is 2.70. The van der Waals surface area contributed by atoms with Crippen LogP contribution in [0.25, 0.3) is 11.0 Å². The highest BCUT2D eigenvalue weighted by atomic mass is 79.9. The van der Waals surface area contributed by atoms with Crippen LogP contribution >= 0.6 is 27.3 Å². The molecule has 3 rings (SSSR count). The summed E-state index contributed by atoms with van der Waals surface area (Å²) in [6.07, 6.45) is 3.32. The molecule has 7 nitrogen and oxygen atoms in total. The van der Waals surface area contributed by atoms with Crippen molar-refractivity contribution in [3.8, 4) is 0 Å². The van der Waals surface area contributed by atoms with E-state index in [4.69, 9.17) is 0 Å². The van der Waals surface area contributed by atoms with Crippen LogP contribution in [0.1, 0.15) is 29.6 Å². The van der Waals surface area contributed by atoms with Gasteiger partial charge in [-0.05, 0) is 48.0 Å². The smallest absolute Gasteiger partial charge is 0.264 e. The maximum absolute atomic E-state index is 12.3. The number of likely N-dealkylation sites (N-methyl/N-ethyl adjacent to an activating group) is 1. The van der Waals surface area contributed by atoms with E-state index in [1.807, 2.05) is 30.7 Å². The summed E-state index contributed by atoms with van der Waals surface area (Å²) in [7, 11) is 1.60. The number of nitrogens with zero attached hydrogens (tertiary/aromatic N) is 4. The lowest BCUT2D eigenvalue weighted by molar-refractivity contribution is -0.116. The summed E-state index contributed by atoms with van der Waals surface area (Å²) in [6, 6.07) is 5.57. The molecule has 3 heterocycles. The first-order valence-corrected chi connectivity index (χ1v) is 9.60. The quantitative estimate of drug-likeness (QED) is 0.664. The van der Waals surface area contributed by atoms with Crippen molar-refractivity contribution in [2.24, 2.45) is 0 Å². The van der Waals surface area contributed by atoms with Gasteiger partial charge in [0.15, 0.2) is 5.65 Å². The van der Waals surface area contributed by atoms with Crippen LogP contribution in [0.3, 0.4) is 0 Å². The number of anilines is 1. The Balaban J connectivity index is 1.66. The van der Waals surface area contributed by atoms with Gasteiger partial charge >= 0.3 is 0 Å². The normalized spacial score (nSPS) is 11.1. The van der Waals surface area contributed by atoms with E-state index in [0.29, 0.717) is 10.6 Å². The number of carbonyl (C=O) groups is 2. The molecule has 3 aromatic heterocycles. The highest BCUT2D eigenvalue weighted by molar-refractivity contribution is 9.11. The van der Waals surface area contributed by atoms with Gasteiger partial charge in [0.05, 0.1) is 33.3 Å². The minimum Gasteiger partial charge on any atom is -0.332 e. The van der Waals surface area contributed by atoms with E-state index < -0.39 is 0 Å². The van der Waals surface area contributed by atoms with E-state index in [2.05, 4.69) is 31.3 Å². The van der Waals surface area contributed by atoms with Crippen molar-refractivity contribution in [3.05, 3.63) is 39.3 Å². The lowest BCUT2D eigenvalue weighted by atomic mass is 10.3. The zero-order chi connectivity index (χ0) is 18.8. The van der Waals surface area contributed by atoms with Gasteiger partial charge in [0.1, 0.15) is 0 Å². The number of rotatable bonds is 5. The molecule has 3 aromatic rings. The molecular formula is C17H18BrN5O2S. The fourth-order valence-corrected chi connectivity index (χ4v) is 3.87. The monoisotopic (exact) mass is 435 g/mol. The highest BCUT2D eigenvalue weighted by Gasteiger charge is 2.17. The number of fused-ring (bicyclic) bond motifs is 1. The van der Waals surface area contributed by atoms with Crippen molar-refractivity contribution in [3.63, 3.8) is 0 Å². The SMILES string of the molecule is CC(C)n1ncc2cc(NC(=O)CN(C)C(=O)c3ccc(Br)s3)cnc21. The van der Waals surface area contributed by atoms with Gasteiger partial charge in [-0.3, -0.25) is 9.59 Å². The van der Waals surface area contributed by atoms with Gasteiger partial charge in [-0.15, -0.1) is 11.3 Å². The molecule has 0 bridgehead atoms. The van der Waals surface area contributed by atoms with E-state index in [9.17, 15) is 9.59 Å². The number of aromatic nitrogens is 3. The van der Waals surface area contributed by atoms with Crippen LogP contribution in [-0.4, -0.2) is 45.1 Å². The lowest BCUT2D eigenvalue weighted by Crippen LogP contribution is -2.34. The van der Waals surface area contributed by atoms with Gasteiger partial charge in [-0.1, -0.05) is 0 Å². The molecule has 0 fully saturated rings. The van der Waals surface area contributed by atoms with Crippen LogP contribution in [0.5, 0.6) is 0 Å². The van der Waals surface area contributed by atoms with E-state index in [-0.39, 0.29) is 24.4 Å². The highest BCUT2D eigenvalue weighted by Crippen LogP contribution is 2.23. The van der Waals surface area contributed by atoms with E-state index in [1.54, 1.807) is 25.5 Å². The van der Waals surface area contributed by atoms with Crippen LogP contribution < -0.4 is 5.32 Å². The Labute approximate surface area is 163 Å². The molecular weight excluding hydrogens is 418 g/mol. The zero-order valence-corrected chi connectivity index (χ0v) is 17.0. The van der Waals surface area contributed by atoms with Crippen LogP contribution in [0.15, 0.2) is 34.4 Å². The summed E-state index contributed by atoms with van der Waals surface area (Å²) in [4.78, 5) is 30.9. The van der Waals surface area contributed by atoms with Crippen molar-refractivity contribution in [2.45, 2.75) is 19.9 Å². The van der Waals surface area contributed by atoms with E-state index >= 15 is 0 Å². The summed E-state index contributed by atoms with van der Waals surface area (Å²) in [5.41, 5.74) is 1.35. The van der Waals surface area contributed by atoms with Gasteiger partial charge in [-0.25, -0.2) is 9.67 Å². The molecule has 26 heavy (non-hydrogen) atoms. The number of pyridine rings is 1. The molecule has 0 unspecified atom stereocenters. The molecule has 0 aromatic carbocycles. The Hall–Kier alpha value is -2.26. The van der Waals surface area contributed by atoms with Gasteiger partial charge in [0.2, 0.25) is 5.91 Å². The summed E-state index contributed by atoms with van der Waals surface area (Å²) in [5.74, 6) is -0.475. The van der Waals surface area contributed by atoms with Crippen molar-refractivity contribution in [1.82, 2.24) is 19.7 Å². The summed E-state index contributed by atoms with van der Waals surface area (Å²) >= 11 is 4.67. The van der Waals surface area contributed by atoms with Gasteiger partial charge in [-0.2, -0.15) is 5.10 Å². The predicted molar refractivity (Wildman–Crippen MR) is 106 cm³/mol. The molecule has 0 saturated heterocycles. The Morgan fingerprint density at radius 3 is 2.77 bits per heavy atom. The summed E-state index contributed by atoms with van der Waals surface area (Å²) in [6.45, 7) is 4.02. The standard InChI is InChI=1S/C17H18BrN5O2S/c1-10(2)23-16-11(7-20-23)6-12(8-19-16)21-15(24)9-22(3)17(25)13-4-5-14(18)26-13/h4-8,10H,9H2,1-3H3,(H,21,24). The molecule has 9 heteroatoms. The van der Waals surface area contributed by atoms with Crippen LogP contribution in [0.2, 0.25) is 0 Å². The van der Waals surface area contributed by atoms with Crippen molar-refractivity contribution >= 4 is 55.8 Å². The second-order valence-corrected chi connectivity index (χ2v) is 8.60. The third kappa shape index (κ3) is 3.94. The minimum absolute atomic E-state index is 0.0440. The Kier molecular flexibility index (Phi) is 5.38. The van der Waals surface area contributed by atoms with Crippen molar-refractivity contribution in [1.29, 1.82) is 0 Å². The largest absolute Gasteiger partial charge is 0.332 e. The minimum atomic E-state index is -0.283. The van der Waals surface area contributed by atoms with Crippen LogP contribution in [-0.2, 0) is 4.79 Å². The zero-order valence-electron chi connectivity index (χ0n) is 14.6. The van der Waals surface area contributed by atoms with Crippen molar-refractivity contribution < 1.29 is 9.59 Å². The summed E-state index contributed by atoms with van der Waals surface area (Å²) in [5, 5.41) is 7.94. The predicted octanol–water partition coefficient (Wildman–Crippen LogP) is 3.55. The molecule has 0 aliphatic heterocycles. The third-order valence-corrected chi connectivity index (χ3v) is 5.33. The number of amides is 2. The molecule has 0 radical (unpaired) electrons. The first kappa shape index (κ1) is 18.5. The first-order chi connectivity index (χ1) is 12.3. The van der Waals surface area contributed by atoms with Crippen LogP contribution in [0.4, 0.5) is 5.69 Å². The number of carbonyl (C=O) groups excluding carboxylic acids is 2. The average Bonchev–Trinajstić information content (AvgIpc) is 3.19. The van der Waals surface area contributed by atoms with Crippen LogP contribution in [0, 0.1) is 0 Å². The Morgan fingerprint density at radius 2 is 2.12 bits per heavy atom. The fourth-order valence-electron chi connectivity index (χ4n) is 2.49. The lowest BCUT2D eigenvalue weighted by Gasteiger charge is -2.15. The first-order valence-electron chi connectivity index (χ1n) is 7.99. The van der Waals surface area contributed by atoms with Gasteiger partial charge in [0, 0.05) is 18.5 Å². The van der Waals surface area contributed by atoms with Gasteiger partial charge in [0.25, 0.3) is 5.91 Å². The van der Waals surface area contributed by atoms with Crippen molar-refractivity contribution in [2.75, 3.05) is 18.9 Å². The topological polar surface area (TPSA) is 80.1 Å². The molecule has 0 aliphatic carbocycles. The number of hydrogen-bond acceptors (Lipinski definition) is 5. The number of nitrogens with one attached hydrogen (secondary N) is 1. The van der Waals surface area contributed by atoms with Gasteiger partial charge < -0.3 is 10.2 Å². The molecule has 136 valence electrons. The average molecular weight is 436 g/mol. The Morgan fingerprint density at radius 1 is 1.35 bits per heavy atom.